The lowest BCUT2D eigenvalue weighted by atomic mass is 9.92. The summed E-state index contributed by atoms with van der Waals surface area (Å²) in [6.45, 7) is 0.864. The Hall–Kier alpha value is -3.11. The number of likely N-dealkylation sites (tertiary alicyclic amines) is 1. The molecule has 0 bridgehead atoms. The number of nitrogens with zero attached hydrogens (tertiary/aromatic N) is 2. The summed E-state index contributed by atoms with van der Waals surface area (Å²) in [5.74, 6) is -0.144. The quantitative estimate of drug-likeness (QED) is 0.243. The number of carbonyl (C=O) groups excluding carboxylic acids is 1. The summed E-state index contributed by atoms with van der Waals surface area (Å²) in [5.41, 5.74) is -1.35. The van der Waals surface area contributed by atoms with E-state index in [-0.39, 0.29) is 35.6 Å². The maximum atomic E-state index is 13.4. The molecule has 228 valence electrons. The first-order chi connectivity index (χ1) is 19.9. The number of hydrogen-bond donors (Lipinski definition) is 2. The predicted molar refractivity (Wildman–Crippen MR) is 148 cm³/mol. The number of benzene rings is 2. The van der Waals surface area contributed by atoms with Crippen LogP contribution in [0.5, 0.6) is 0 Å². The molecule has 0 radical (unpaired) electrons. The molecule has 0 spiro atoms. The molecule has 0 atom stereocenters. The van der Waals surface area contributed by atoms with Crippen LogP contribution in [0.2, 0.25) is 0 Å². The summed E-state index contributed by atoms with van der Waals surface area (Å²) in [7, 11) is 0. The maximum absolute atomic E-state index is 13.4. The monoisotopic (exact) mass is 614 g/mol. The van der Waals surface area contributed by atoms with E-state index in [1.54, 1.807) is 23.3 Å². The van der Waals surface area contributed by atoms with Crippen LogP contribution in [0.25, 0.3) is 0 Å². The third-order valence-electron chi connectivity index (χ3n) is 7.66. The number of ether oxygens (including phenoxy) is 1. The SMILES string of the molecule is CSc1ccc(NC2CCN(C(=O)CO[C@H]3CC[C@H](Nc4ccc(C#N)c(C(F)(F)F)c4)CC3)CC2)cc1C(F)(F)F. The topological polar surface area (TPSA) is 77.4 Å². The second kappa shape index (κ2) is 13.5. The Labute approximate surface area is 244 Å². The molecule has 0 unspecified atom stereocenters. The van der Waals surface area contributed by atoms with Gasteiger partial charge in [0.05, 0.1) is 28.9 Å². The third-order valence-corrected chi connectivity index (χ3v) is 8.45. The highest BCUT2D eigenvalue weighted by Gasteiger charge is 2.35. The van der Waals surface area contributed by atoms with Crippen molar-refractivity contribution < 1.29 is 35.9 Å². The number of amides is 1. The van der Waals surface area contributed by atoms with Crippen molar-refractivity contribution in [3.05, 3.63) is 53.1 Å². The van der Waals surface area contributed by atoms with E-state index in [4.69, 9.17) is 10.00 Å². The highest BCUT2D eigenvalue weighted by molar-refractivity contribution is 7.98. The van der Waals surface area contributed by atoms with Gasteiger partial charge in [0.25, 0.3) is 0 Å². The van der Waals surface area contributed by atoms with Crippen LogP contribution in [0.15, 0.2) is 41.3 Å². The van der Waals surface area contributed by atoms with Gasteiger partial charge in [-0.3, -0.25) is 4.79 Å². The second-order valence-corrected chi connectivity index (χ2v) is 11.4. The van der Waals surface area contributed by atoms with E-state index >= 15 is 0 Å². The second-order valence-electron chi connectivity index (χ2n) is 10.5. The van der Waals surface area contributed by atoms with Gasteiger partial charge < -0.3 is 20.3 Å². The molecule has 2 aromatic rings. The molecular weight excluding hydrogens is 582 g/mol. The summed E-state index contributed by atoms with van der Waals surface area (Å²) >= 11 is 1.05. The lowest BCUT2D eigenvalue weighted by Gasteiger charge is -2.34. The fraction of sp³-hybridized carbons (Fsp3) is 0.517. The molecular formula is C29H32F6N4O2S. The average molecular weight is 615 g/mol. The number of piperidine rings is 1. The van der Waals surface area contributed by atoms with Crippen molar-refractivity contribution in [2.75, 3.05) is 36.6 Å². The van der Waals surface area contributed by atoms with E-state index in [1.165, 1.54) is 12.1 Å². The number of hydrogen-bond acceptors (Lipinski definition) is 6. The average Bonchev–Trinajstić information content (AvgIpc) is 2.96. The van der Waals surface area contributed by atoms with Crippen molar-refractivity contribution in [3.63, 3.8) is 0 Å². The Morgan fingerprint density at radius 2 is 1.45 bits per heavy atom. The molecule has 2 aromatic carbocycles. The van der Waals surface area contributed by atoms with E-state index in [0.29, 0.717) is 63.0 Å². The molecule has 1 aliphatic carbocycles. The van der Waals surface area contributed by atoms with Crippen molar-refractivity contribution in [3.8, 4) is 6.07 Å². The maximum Gasteiger partial charge on any atom is 0.417 e. The number of carbonyl (C=O) groups is 1. The first-order valence-electron chi connectivity index (χ1n) is 13.7. The molecule has 1 aliphatic heterocycles. The Morgan fingerprint density at radius 1 is 0.905 bits per heavy atom. The van der Waals surface area contributed by atoms with Crippen molar-refractivity contribution in [2.24, 2.45) is 0 Å². The number of thioether (sulfide) groups is 1. The van der Waals surface area contributed by atoms with Crippen molar-refractivity contribution in [1.29, 1.82) is 5.26 Å². The Morgan fingerprint density at radius 3 is 2.00 bits per heavy atom. The number of rotatable bonds is 8. The Balaban J connectivity index is 1.18. The van der Waals surface area contributed by atoms with Gasteiger partial charge in [-0.25, -0.2) is 0 Å². The Bertz CT molecular complexity index is 1280. The minimum Gasteiger partial charge on any atom is -0.382 e. The standard InChI is InChI=1S/C29H32F6N4O2S/c1-42-26-9-6-22(15-25(26)29(33,34)35)38-20-10-12-39(13-11-20)27(40)17-41-23-7-4-19(5-8-23)37-21-3-2-18(16-36)24(14-21)28(30,31)32/h2-3,6,9,14-15,19-20,23,37-38H,4-5,7-8,10-13,17H2,1H3/t19-,23-. The van der Waals surface area contributed by atoms with E-state index in [0.717, 1.165) is 30.0 Å². The van der Waals surface area contributed by atoms with E-state index < -0.39 is 29.0 Å². The number of anilines is 2. The van der Waals surface area contributed by atoms with Gasteiger partial charge >= 0.3 is 12.4 Å². The van der Waals surface area contributed by atoms with Crippen LogP contribution in [-0.2, 0) is 21.9 Å². The summed E-state index contributed by atoms with van der Waals surface area (Å²) in [6.07, 6.45) is -3.78. The summed E-state index contributed by atoms with van der Waals surface area (Å²) < 4.78 is 85.7. The van der Waals surface area contributed by atoms with Crippen molar-refractivity contribution in [2.45, 2.75) is 74.0 Å². The van der Waals surface area contributed by atoms with Crippen LogP contribution >= 0.6 is 11.8 Å². The van der Waals surface area contributed by atoms with Crippen LogP contribution < -0.4 is 10.6 Å². The van der Waals surface area contributed by atoms with Gasteiger partial charge in [-0.05, 0) is 81.2 Å². The number of alkyl halides is 6. The zero-order valence-electron chi connectivity index (χ0n) is 22.9. The van der Waals surface area contributed by atoms with Gasteiger partial charge in [0, 0.05) is 41.4 Å². The summed E-state index contributed by atoms with van der Waals surface area (Å²) in [6, 6.07) is 9.29. The third kappa shape index (κ3) is 8.25. The fourth-order valence-corrected chi connectivity index (χ4v) is 5.98. The largest absolute Gasteiger partial charge is 0.417 e. The molecule has 4 rings (SSSR count). The van der Waals surface area contributed by atoms with Gasteiger partial charge in [0.1, 0.15) is 6.61 Å². The van der Waals surface area contributed by atoms with Gasteiger partial charge in [-0.1, -0.05) is 0 Å². The highest BCUT2D eigenvalue weighted by Crippen LogP contribution is 2.38. The minimum atomic E-state index is -4.62. The van der Waals surface area contributed by atoms with Gasteiger partial charge in [0.2, 0.25) is 5.91 Å². The molecule has 42 heavy (non-hydrogen) atoms. The van der Waals surface area contributed by atoms with Crippen molar-refractivity contribution in [1.82, 2.24) is 4.90 Å². The summed E-state index contributed by atoms with van der Waals surface area (Å²) in [5, 5.41) is 15.2. The van der Waals surface area contributed by atoms with Gasteiger partial charge in [-0.2, -0.15) is 31.6 Å². The number of nitrogens with one attached hydrogen (secondary N) is 2. The van der Waals surface area contributed by atoms with E-state index in [9.17, 15) is 31.1 Å². The summed E-state index contributed by atoms with van der Waals surface area (Å²) in [4.78, 5) is 14.6. The smallest absolute Gasteiger partial charge is 0.382 e. The lowest BCUT2D eigenvalue weighted by Crippen LogP contribution is -2.44. The Kier molecular flexibility index (Phi) is 10.2. The zero-order valence-corrected chi connectivity index (χ0v) is 23.8. The van der Waals surface area contributed by atoms with Crippen LogP contribution in [-0.4, -0.2) is 54.9 Å². The first kappa shape index (κ1) is 31.8. The molecule has 6 nitrogen and oxygen atoms in total. The zero-order chi connectivity index (χ0) is 30.5. The van der Waals surface area contributed by atoms with Gasteiger partial charge in [-0.15, -0.1) is 11.8 Å². The minimum absolute atomic E-state index is 0.0507. The molecule has 0 aromatic heterocycles. The number of nitriles is 1. The van der Waals surface area contributed by atoms with Crippen LogP contribution in [0.4, 0.5) is 37.7 Å². The molecule has 1 amide bonds. The molecule has 2 aliphatic rings. The van der Waals surface area contributed by atoms with Crippen LogP contribution in [0.3, 0.4) is 0 Å². The molecule has 1 saturated heterocycles. The number of halogens is 6. The van der Waals surface area contributed by atoms with E-state index in [1.807, 2.05) is 0 Å². The molecule has 1 heterocycles. The van der Waals surface area contributed by atoms with Crippen LogP contribution in [0.1, 0.15) is 55.2 Å². The molecule has 1 saturated carbocycles. The molecule has 2 N–H and O–H groups in total. The lowest BCUT2D eigenvalue weighted by molar-refractivity contribution is -0.140. The van der Waals surface area contributed by atoms with Crippen LogP contribution in [0, 0.1) is 11.3 Å². The van der Waals surface area contributed by atoms with Crippen molar-refractivity contribution >= 4 is 29.0 Å². The predicted octanol–water partition coefficient (Wildman–Crippen LogP) is 7.16. The van der Waals surface area contributed by atoms with Gasteiger partial charge in [0.15, 0.2) is 0 Å². The molecule has 2 fully saturated rings. The molecule has 13 heteroatoms. The fourth-order valence-electron chi connectivity index (χ4n) is 5.38. The van der Waals surface area contributed by atoms with E-state index in [2.05, 4.69) is 10.6 Å². The first-order valence-corrected chi connectivity index (χ1v) is 14.9. The normalized spacial score (nSPS) is 20.2. The highest BCUT2D eigenvalue weighted by atomic mass is 32.2.